The monoisotopic (exact) mass is 512 g/mol. The molecule has 3 aliphatic rings. The molecule has 0 spiro atoms. The molecule has 0 radical (unpaired) electrons. The van der Waals surface area contributed by atoms with Crippen molar-refractivity contribution in [3.05, 3.63) is 71.6 Å². The first kappa shape index (κ1) is 24.5. The van der Waals surface area contributed by atoms with Crippen LogP contribution in [-0.4, -0.2) is 43.8 Å². The van der Waals surface area contributed by atoms with E-state index in [2.05, 4.69) is 15.5 Å². The lowest BCUT2D eigenvalue weighted by atomic mass is 9.28. The number of hydrogen-bond acceptors (Lipinski definition) is 5. The van der Waals surface area contributed by atoms with Crippen LogP contribution in [0.2, 0.25) is 0 Å². The summed E-state index contributed by atoms with van der Waals surface area (Å²) >= 11 is 0. The van der Waals surface area contributed by atoms with Crippen molar-refractivity contribution in [2.24, 2.45) is 5.41 Å². The van der Waals surface area contributed by atoms with Gasteiger partial charge in [0.2, 0.25) is 0 Å². The van der Waals surface area contributed by atoms with Crippen LogP contribution in [0, 0.1) is 17.0 Å². The molecule has 0 aliphatic heterocycles. The number of tetrazole rings is 1. The lowest BCUT2D eigenvalue weighted by Gasteiger charge is -2.76. The van der Waals surface area contributed by atoms with Crippen LogP contribution < -0.4 is 4.74 Å². The molecule has 6 rings (SSSR count). The number of nitrogens with zero attached hydrogens (tertiary/aromatic N) is 4. The van der Waals surface area contributed by atoms with Crippen LogP contribution in [0.1, 0.15) is 37.3 Å². The number of hydrogen-bond donors (Lipinski definition) is 1. The minimum atomic E-state index is -4.45. The van der Waals surface area contributed by atoms with E-state index in [4.69, 9.17) is 4.74 Å². The number of alkyl halides is 4. The van der Waals surface area contributed by atoms with Gasteiger partial charge in [-0.3, -0.25) is 0 Å². The molecular formula is C24H22F6N4O2. The van der Waals surface area contributed by atoms with E-state index in [0.29, 0.717) is 25.3 Å². The Hall–Kier alpha value is -3.15. The molecular weight excluding hydrogens is 490 g/mol. The van der Waals surface area contributed by atoms with Gasteiger partial charge in [0.05, 0.1) is 6.54 Å². The standard InChI is InChI=1S/C24H22F6N4O2/c1-20(27,23(35,12-34-14-31-32-33-34)18-7-4-16(25)8-19(18)26)22-9-21(10-22,11-22)15-2-5-17(6-3-15)36-13-24(28,29)30/h2-8,14,35H,9-13H2,1H3/t20?,21?,22?,23-/m0/s1. The predicted molar refractivity (Wildman–Crippen MR) is 114 cm³/mol. The predicted octanol–water partition coefficient (Wildman–Crippen LogP) is 4.63. The number of aromatic nitrogens is 4. The maximum atomic E-state index is 16.8. The van der Waals surface area contributed by atoms with Crippen molar-refractivity contribution in [3.63, 3.8) is 0 Å². The fraction of sp³-hybridized carbons (Fsp3) is 0.458. The van der Waals surface area contributed by atoms with E-state index in [1.807, 2.05) is 0 Å². The molecule has 1 heterocycles. The Kier molecular flexibility index (Phi) is 5.40. The summed E-state index contributed by atoms with van der Waals surface area (Å²) in [5.74, 6) is -1.89. The molecule has 12 heteroatoms. The molecule has 6 nitrogen and oxygen atoms in total. The highest BCUT2D eigenvalue weighted by molar-refractivity contribution is 5.45. The van der Waals surface area contributed by atoms with Crippen molar-refractivity contribution in [1.82, 2.24) is 20.2 Å². The zero-order valence-corrected chi connectivity index (χ0v) is 19.1. The van der Waals surface area contributed by atoms with Crippen LogP contribution in [0.4, 0.5) is 26.3 Å². The highest BCUT2D eigenvalue weighted by Crippen LogP contribution is 2.80. The van der Waals surface area contributed by atoms with Crippen LogP contribution in [0.25, 0.3) is 0 Å². The fourth-order valence-electron chi connectivity index (χ4n) is 5.90. The van der Waals surface area contributed by atoms with Gasteiger partial charge in [-0.05, 0) is 65.8 Å². The number of benzene rings is 2. The minimum absolute atomic E-state index is 0.0651. The van der Waals surface area contributed by atoms with Gasteiger partial charge in [-0.25, -0.2) is 17.9 Å². The van der Waals surface area contributed by atoms with Gasteiger partial charge in [-0.15, -0.1) is 5.10 Å². The summed E-state index contributed by atoms with van der Waals surface area (Å²) in [6.07, 6.45) is -2.30. The Bertz CT molecular complexity index is 1240. The summed E-state index contributed by atoms with van der Waals surface area (Å²) in [6.45, 7) is -0.701. The Balaban J connectivity index is 1.39. The second-order valence-electron chi connectivity index (χ2n) is 10.0. The molecule has 3 aliphatic carbocycles. The van der Waals surface area contributed by atoms with Crippen molar-refractivity contribution in [3.8, 4) is 5.75 Å². The average Bonchev–Trinajstić information content (AvgIpc) is 3.23. The van der Waals surface area contributed by atoms with Crippen molar-refractivity contribution in [1.29, 1.82) is 0 Å². The number of halogens is 6. The Morgan fingerprint density at radius 2 is 1.69 bits per heavy atom. The quantitative estimate of drug-likeness (QED) is 0.446. The van der Waals surface area contributed by atoms with Crippen LogP contribution in [0.15, 0.2) is 48.8 Å². The molecule has 3 fully saturated rings. The second-order valence-corrected chi connectivity index (χ2v) is 10.0. The SMILES string of the molecule is CC(F)(C12CC(c3ccc(OCC(F)(F)F)cc3)(C1)C2)[C@](O)(Cn1cnnn1)c1ccc(F)cc1F. The lowest BCUT2D eigenvalue weighted by molar-refractivity contribution is -0.289. The lowest BCUT2D eigenvalue weighted by Crippen LogP contribution is -2.76. The van der Waals surface area contributed by atoms with Gasteiger partial charge >= 0.3 is 6.18 Å². The molecule has 3 saturated carbocycles. The number of aliphatic hydroxyl groups is 1. The van der Waals surface area contributed by atoms with Gasteiger partial charge in [-0.1, -0.05) is 18.2 Å². The molecule has 1 aromatic heterocycles. The fourth-order valence-corrected chi connectivity index (χ4v) is 5.90. The molecule has 2 aromatic carbocycles. The van der Waals surface area contributed by atoms with Crippen LogP contribution in [-0.2, 0) is 17.6 Å². The summed E-state index contributed by atoms with van der Waals surface area (Å²) in [5.41, 5.74) is -5.81. The zero-order chi connectivity index (χ0) is 26.0. The first-order valence-electron chi connectivity index (χ1n) is 11.2. The summed E-state index contributed by atoms with van der Waals surface area (Å²) in [7, 11) is 0. The van der Waals surface area contributed by atoms with Gasteiger partial charge in [0, 0.05) is 17.0 Å². The van der Waals surface area contributed by atoms with Crippen molar-refractivity contribution in [2.45, 2.75) is 55.6 Å². The minimum Gasteiger partial charge on any atom is -0.484 e. The van der Waals surface area contributed by atoms with E-state index in [1.165, 1.54) is 19.1 Å². The summed E-state index contributed by atoms with van der Waals surface area (Å²) in [6, 6.07) is 8.73. The van der Waals surface area contributed by atoms with Gasteiger partial charge in [-0.2, -0.15) is 13.2 Å². The van der Waals surface area contributed by atoms with E-state index in [1.54, 1.807) is 12.1 Å². The van der Waals surface area contributed by atoms with E-state index in [-0.39, 0.29) is 5.75 Å². The molecule has 0 saturated heterocycles. The molecule has 2 atom stereocenters. The molecule has 192 valence electrons. The van der Waals surface area contributed by atoms with Crippen LogP contribution >= 0.6 is 0 Å². The van der Waals surface area contributed by atoms with Gasteiger partial charge in [0.1, 0.15) is 35.0 Å². The van der Waals surface area contributed by atoms with E-state index in [9.17, 15) is 27.1 Å². The molecule has 3 aromatic rings. The van der Waals surface area contributed by atoms with Gasteiger partial charge < -0.3 is 9.84 Å². The summed E-state index contributed by atoms with van der Waals surface area (Å²) in [5, 5.41) is 22.4. The van der Waals surface area contributed by atoms with E-state index >= 15 is 4.39 Å². The van der Waals surface area contributed by atoms with Gasteiger partial charge in [0.15, 0.2) is 6.61 Å². The van der Waals surface area contributed by atoms with E-state index in [0.717, 1.165) is 28.7 Å². The second kappa shape index (κ2) is 7.92. The van der Waals surface area contributed by atoms with Crippen molar-refractivity contribution < 1.29 is 36.2 Å². The molecule has 2 bridgehead atoms. The van der Waals surface area contributed by atoms with Crippen LogP contribution in [0.3, 0.4) is 0 Å². The average molecular weight is 512 g/mol. The van der Waals surface area contributed by atoms with Crippen molar-refractivity contribution >= 4 is 0 Å². The third-order valence-corrected chi connectivity index (χ3v) is 7.83. The third-order valence-electron chi connectivity index (χ3n) is 7.83. The number of rotatable bonds is 8. The Morgan fingerprint density at radius 1 is 1.03 bits per heavy atom. The molecule has 1 unspecified atom stereocenters. The first-order chi connectivity index (χ1) is 16.8. The van der Waals surface area contributed by atoms with Gasteiger partial charge in [0.25, 0.3) is 0 Å². The Morgan fingerprint density at radius 3 is 2.25 bits per heavy atom. The van der Waals surface area contributed by atoms with Crippen molar-refractivity contribution in [2.75, 3.05) is 6.61 Å². The highest BCUT2D eigenvalue weighted by Gasteiger charge is 2.79. The third kappa shape index (κ3) is 3.73. The van der Waals surface area contributed by atoms with E-state index < -0.39 is 58.6 Å². The summed E-state index contributed by atoms with van der Waals surface area (Å²) in [4.78, 5) is 0. The highest BCUT2D eigenvalue weighted by atomic mass is 19.4. The summed E-state index contributed by atoms with van der Waals surface area (Å²) < 4.78 is 88.2. The zero-order valence-electron chi connectivity index (χ0n) is 19.1. The molecule has 1 N–H and O–H groups in total. The molecule has 36 heavy (non-hydrogen) atoms. The maximum Gasteiger partial charge on any atom is 0.422 e. The maximum absolute atomic E-state index is 16.8. The first-order valence-corrected chi connectivity index (χ1v) is 11.2. The number of ether oxygens (including phenoxy) is 1. The molecule has 0 amide bonds. The largest absolute Gasteiger partial charge is 0.484 e. The Labute approximate surface area is 201 Å². The van der Waals surface area contributed by atoms with Crippen LogP contribution in [0.5, 0.6) is 5.75 Å². The smallest absolute Gasteiger partial charge is 0.422 e. The normalized spacial score (nSPS) is 26.3. The topological polar surface area (TPSA) is 73.1 Å².